The van der Waals surface area contributed by atoms with Crippen molar-refractivity contribution in [1.82, 2.24) is 14.3 Å². The van der Waals surface area contributed by atoms with Crippen LogP contribution in [-0.2, 0) is 10.0 Å². The topological polar surface area (TPSA) is 148 Å². The van der Waals surface area contributed by atoms with Crippen molar-refractivity contribution >= 4 is 27.5 Å². The molecule has 0 amide bonds. The van der Waals surface area contributed by atoms with Crippen molar-refractivity contribution in [1.29, 1.82) is 0 Å². The lowest BCUT2D eigenvalue weighted by Gasteiger charge is -2.33. The number of hydrogen-bond donors (Lipinski definition) is 2. The Balaban J connectivity index is 2.25. The summed E-state index contributed by atoms with van der Waals surface area (Å²) in [6, 6.07) is 0. The molecule has 1 aliphatic heterocycles. The van der Waals surface area contributed by atoms with Crippen LogP contribution < -0.4 is 16.2 Å². The highest BCUT2D eigenvalue weighted by Crippen LogP contribution is 2.27. The molecule has 0 saturated carbocycles. The molecule has 0 aliphatic carbocycles. The predicted octanol–water partition coefficient (Wildman–Crippen LogP) is -1.25. The van der Waals surface area contributed by atoms with E-state index in [1.54, 1.807) is 4.90 Å². The fraction of sp³-hybridized carbons (Fsp3) is 0.556. The molecule has 0 spiro atoms. The lowest BCUT2D eigenvalue weighted by molar-refractivity contribution is -0.384. The molecule has 1 saturated heterocycles. The Bertz CT molecular complexity index is 641. The summed E-state index contributed by atoms with van der Waals surface area (Å²) in [6.07, 6.45) is 2.20. The Hall–Kier alpha value is -2.05. The average molecular weight is 317 g/mol. The Morgan fingerprint density at radius 1 is 1.38 bits per heavy atom. The quantitative estimate of drug-likeness (QED) is 0.395. The summed E-state index contributed by atoms with van der Waals surface area (Å²) < 4.78 is 24.2. The number of hydrazine groups is 1. The summed E-state index contributed by atoms with van der Waals surface area (Å²) >= 11 is 0. The number of nitrogens with zero attached hydrogens (tertiary/aromatic N) is 5. The number of hydrogen-bond acceptors (Lipinski definition) is 9. The van der Waals surface area contributed by atoms with Gasteiger partial charge in [0.05, 0.1) is 11.2 Å². The number of aromatic nitrogens is 2. The van der Waals surface area contributed by atoms with Gasteiger partial charge in [0, 0.05) is 26.2 Å². The molecule has 0 atom stereocenters. The Kier molecular flexibility index (Phi) is 4.20. The number of nitro groups is 1. The second-order valence-corrected chi connectivity index (χ2v) is 6.44. The van der Waals surface area contributed by atoms with Gasteiger partial charge in [0.15, 0.2) is 0 Å². The minimum Gasteiger partial charge on any atom is -0.348 e. The lowest BCUT2D eigenvalue weighted by atomic mass is 10.3. The molecule has 1 aromatic heterocycles. The normalized spacial score (nSPS) is 16.8. The van der Waals surface area contributed by atoms with Crippen LogP contribution in [0.2, 0.25) is 0 Å². The van der Waals surface area contributed by atoms with E-state index < -0.39 is 14.9 Å². The van der Waals surface area contributed by atoms with Crippen LogP contribution in [0, 0.1) is 10.1 Å². The van der Waals surface area contributed by atoms with E-state index in [9.17, 15) is 18.5 Å². The number of rotatable bonds is 4. The summed E-state index contributed by atoms with van der Waals surface area (Å²) in [6.45, 7) is 1.08. The van der Waals surface area contributed by atoms with E-state index in [4.69, 9.17) is 5.84 Å². The van der Waals surface area contributed by atoms with Gasteiger partial charge in [0.2, 0.25) is 21.8 Å². The molecule has 1 fully saturated rings. The van der Waals surface area contributed by atoms with E-state index >= 15 is 0 Å². The fourth-order valence-electron chi connectivity index (χ4n) is 2.03. The van der Waals surface area contributed by atoms with Gasteiger partial charge in [-0.2, -0.15) is 9.29 Å². The maximum atomic E-state index is 11.5. The smallest absolute Gasteiger partial charge is 0.329 e. The van der Waals surface area contributed by atoms with Crippen molar-refractivity contribution < 1.29 is 13.3 Å². The molecule has 2 rings (SSSR count). The summed E-state index contributed by atoms with van der Waals surface area (Å²) in [7, 11) is -3.26. The first kappa shape index (κ1) is 15.3. The summed E-state index contributed by atoms with van der Waals surface area (Å²) in [4.78, 5) is 19.8. The number of piperazine rings is 1. The molecule has 1 aliphatic rings. The van der Waals surface area contributed by atoms with Gasteiger partial charge in [0.1, 0.15) is 6.20 Å². The molecule has 2 heterocycles. The molecular weight excluding hydrogens is 302 g/mol. The van der Waals surface area contributed by atoms with Crippen molar-refractivity contribution in [2.24, 2.45) is 5.84 Å². The first-order valence-corrected chi connectivity index (χ1v) is 7.86. The SMILES string of the molecule is CS(=O)(=O)N1CCN(c2nc(NN)ncc2[N+](=O)[O-])CC1. The minimum atomic E-state index is -3.26. The molecule has 1 aromatic rings. The van der Waals surface area contributed by atoms with Gasteiger partial charge < -0.3 is 4.90 Å². The molecule has 0 bridgehead atoms. The van der Waals surface area contributed by atoms with E-state index in [0.29, 0.717) is 13.1 Å². The molecule has 116 valence electrons. The van der Waals surface area contributed by atoms with Crippen molar-refractivity contribution in [3.05, 3.63) is 16.3 Å². The van der Waals surface area contributed by atoms with Gasteiger partial charge in [-0.1, -0.05) is 0 Å². The molecular formula is C9H15N7O4S. The van der Waals surface area contributed by atoms with E-state index in [2.05, 4.69) is 15.4 Å². The van der Waals surface area contributed by atoms with E-state index in [-0.39, 0.29) is 30.5 Å². The van der Waals surface area contributed by atoms with Crippen LogP contribution in [-0.4, -0.2) is 60.0 Å². The fourth-order valence-corrected chi connectivity index (χ4v) is 2.86. The highest BCUT2D eigenvalue weighted by molar-refractivity contribution is 7.88. The van der Waals surface area contributed by atoms with Gasteiger partial charge >= 0.3 is 5.69 Å². The third-order valence-corrected chi connectivity index (χ3v) is 4.39. The van der Waals surface area contributed by atoms with Gasteiger partial charge in [-0.15, -0.1) is 0 Å². The second kappa shape index (κ2) is 5.75. The highest BCUT2D eigenvalue weighted by Gasteiger charge is 2.29. The van der Waals surface area contributed by atoms with Gasteiger partial charge in [0.25, 0.3) is 0 Å². The van der Waals surface area contributed by atoms with Crippen molar-refractivity contribution in [2.45, 2.75) is 0 Å². The van der Waals surface area contributed by atoms with Crippen LogP contribution in [0.4, 0.5) is 17.5 Å². The lowest BCUT2D eigenvalue weighted by Crippen LogP contribution is -2.48. The highest BCUT2D eigenvalue weighted by atomic mass is 32.2. The third kappa shape index (κ3) is 3.34. The Morgan fingerprint density at radius 3 is 2.48 bits per heavy atom. The van der Waals surface area contributed by atoms with Crippen LogP contribution in [0.15, 0.2) is 6.20 Å². The van der Waals surface area contributed by atoms with Crippen LogP contribution in [0.5, 0.6) is 0 Å². The molecule has 12 heteroatoms. The van der Waals surface area contributed by atoms with E-state index in [0.717, 1.165) is 12.5 Å². The Labute approximate surface area is 120 Å². The molecule has 0 radical (unpaired) electrons. The zero-order chi connectivity index (χ0) is 15.6. The van der Waals surface area contributed by atoms with Gasteiger partial charge in [-0.25, -0.2) is 19.2 Å². The zero-order valence-corrected chi connectivity index (χ0v) is 12.1. The first-order valence-electron chi connectivity index (χ1n) is 6.01. The van der Waals surface area contributed by atoms with Crippen LogP contribution in [0.3, 0.4) is 0 Å². The largest absolute Gasteiger partial charge is 0.348 e. The zero-order valence-electron chi connectivity index (χ0n) is 11.3. The molecule has 0 unspecified atom stereocenters. The van der Waals surface area contributed by atoms with Gasteiger partial charge in [-0.3, -0.25) is 15.5 Å². The number of nitrogens with one attached hydrogen (secondary N) is 1. The average Bonchev–Trinajstić information content (AvgIpc) is 2.45. The van der Waals surface area contributed by atoms with Crippen molar-refractivity contribution in [3.8, 4) is 0 Å². The summed E-state index contributed by atoms with van der Waals surface area (Å²) in [5.74, 6) is 5.38. The maximum absolute atomic E-state index is 11.5. The third-order valence-electron chi connectivity index (χ3n) is 3.08. The summed E-state index contributed by atoms with van der Waals surface area (Å²) in [5, 5.41) is 11.0. The Morgan fingerprint density at radius 2 is 2.00 bits per heavy atom. The molecule has 3 N–H and O–H groups in total. The minimum absolute atomic E-state index is 0.0566. The van der Waals surface area contributed by atoms with Crippen LogP contribution in [0.1, 0.15) is 0 Å². The second-order valence-electron chi connectivity index (χ2n) is 4.45. The molecule has 11 nitrogen and oxygen atoms in total. The standard InChI is InChI=1S/C9H15N7O4S/c1-21(19,20)15-4-2-14(3-5-15)8-7(16(17)18)6-11-9(12-8)13-10/h6H,2-5,10H2,1H3,(H,11,12,13). The number of nitrogen functional groups attached to an aromatic ring is 1. The van der Waals surface area contributed by atoms with E-state index in [1.807, 2.05) is 0 Å². The first-order chi connectivity index (χ1) is 9.82. The monoisotopic (exact) mass is 317 g/mol. The molecule has 0 aromatic carbocycles. The van der Waals surface area contributed by atoms with Gasteiger partial charge in [-0.05, 0) is 0 Å². The predicted molar refractivity (Wildman–Crippen MR) is 75.1 cm³/mol. The van der Waals surface area contributed by atoms with Crippen molar-refractivity contribution in [3.63, 3.8) is 0 Å². The van der Waals surface area contributed by atoms with Crippen LogP contribution in [0.25, 0.3) is 0 Å². The van der Waals surface area contributed by atoms with Crippen molar-refractivity contribution in [2.75, 3.05) is 42.8 Å². The van der Waals surface area contributed by atoms with E-state index in [1.165, 1.54) is 4.31 Å². The maximum Gasteiger partial charge on any atom is 0.329 e. The van der Waals surface area contributed by atoms with Crippen LogP contribution >= 0.6 is 0 Å². The number of anilines is 2. The number of sulfonamides is 1. The number of nitrogens with two attached hydrogens (primary N) is 1. The molecule has 21 heavy (non-hydrogen) atoms. The summed E-state index contributed by atoms with van der Waals surface area (Å²) in [5.41, 5.74) is 1.98.